The van der Waals surface area contributed by atoms with Crippen molar-refractivity contribution < 1.29 is 13.9 Å². The molecule has 0 fully saturated rings. The van der Waals surface area contributed by atoms with E-state index in [0.717, 1.165) is 22.6 Å². The van der Waals surface area contributed by atoms with Crippen molar-refractivity contribution in [2.75, 3.05) is 12.9 Å². The van der Waals surface area contributed by atoms with Gasteiger partial charge in [-0.1, -0.05) is 53.7 Å². The SMILES string of the molecule is COc1ccc(CNC(=O)CSc2nnc(-c3ccccc3F)n2-c2ccc(C)cc2)cc1. The number of carbonyl (C=O) groups is 1. The van der Waals surface area contributed by atoms with Crippen LogP contribution in [0.25, 0.3) is 17.1 Å². The van der Waals surface area contributed by atoms with E-state index in [4.69, 9.17) is 4.74 Å². The van der Waals surface area contributed by atoms with Crippen LogP contribution in [0.15, 0.2) is 78.0 Å². The molecule has 0 radical (unpaired) electrons. The molecule has 33 heavy (non-hydrogen) atoms. The van der Waals surface area contributed by atoms with E-state index in [0.29, 0.717) is 23.1 Å². The van der Waals surface area contributed by atoms with Gasteiger partial charge < -0.3 is 10.1 Å². The number of halogens is 1. The van der Waals surface area contributed by atoms with E-state index >= 15 is 0 Å². The summed E-state index contributed by atoms with van der Waals surface area (Å²) in [6.07, 6.45) is 0. The zero-order valence-corrected chi connectivity index (χ0v) is 19.1. The molecule has 0 spiro atoms. The van der Waals surface area contributed by atoms with Crippen molar-refractivity contribution in [3.63, 3.8) is 0 Å². The summed E-state index contributed by atoms with van der Waals surface area (Å²) in [4.78, 5) is 12.5. The van der Waals surface area contributed by atoms with Crippen molar-refractivity contribution >= 4 is 17.7 Å². The van der Waals surface area contributed by atoms with Crippen molar-refractivity contribution in [3.8, 4) is 22.8 Å². The fraction of sp³-hybridized carbons (Fsp3) is 0.160. The van der Waals surface area contributed by atoms with Crippen LogP contribution >= 0.6 is 11.8 Å². The topological polar surface area (TPSA) is 69.0 Å². The number of methoxy groups -OCH3 is 1. The maximum Gasteiger partial charge on any atom is 0.230 e. The fourth-order valence-electron chi connectivity index (χ4n) is 3.23. The molecular formula is C25H23FN4O2S. The standard InChI is InChI=1S/C25H23FN4O2S/c1-17-7-11-19(12-8-17)30-24(21-5-3-4-6-22(21)26)28-29-25(30)33-16-23(31)27-15-18-9-13-20(32-2)14-10-18/h3-14H,15-16H2,1-2H3,(H,27,31). The van der Waals surface area contributed by atoms with Gasteiger partial charge in [0.2, 0.25) is 5.91 Å². The summed E-state index contributed by atoms with van der Waals surface area (Å²) in [6, 6.07) is 21.8. The third-order valence-corrected chi connectivity index (χ3v) is 5.95. The Morgan fingerprint density at radius 1 is 1.03 bits per heavy atom. The summed E-state index contributed by atoms with van der Waals surface area (Å²) in [5.74, 6) is 0.783. The number of nitrogens with zero attached hydrogens (tertiary/aromatic N) is 3. The predicted molar refractivity (Wildman–Crippen MR) is 127 cm³/mol. The minimum absolute atomic E-state index is 0.137. The lowest BCUT2D eigenvalue weighted by Gasteiger charge is -2.11. The van der Waals surface area contributed by atoms with Crippen LogP contribution in [0.2, 0.25) is 0 Å². The number of benzene rings is 3. The second kappa shape index (κ2) is 10.3. The number of hydrogen-bond acceptors (Lipinski definition) is 5. The normalized spacial score (nSPS) is 10.8. The highest BCUT2D eigenvalue weighted by atomic mass is 32.2. The molecule has 1 N–H and O–H groups in total. The molecule has 3 aromatic carbocycles. The van der Waals surface area contributed by atoms with E-state index in [2.05, 4.69) is 15.5 Å². The van der Waals surface area contributed by atoms with E-state index in [1.165, 1.54) is 17.8 Å². The van der Waals surface area contributed by atoms with Crippen LogP contribution < -0.4 is 10.1 Å². The van der Waals surface area contributed by atoms with Crippen molar-refractivity contribution in [2.24, 2.45) is 0 Å². The monoisotopic (exact) mass is 462 g/mol. The lowest BCUT2D eigenvalue weighted by Crippen LogP contribution is -2.24. The Hall–Kier alpha value is -3.65. The van der Waals surface area contributed by atoms with E-state index in [1.807, 2.05) is 55.5 Å². The van der Waals surface area contributed by atoms with Gasteiger partial charge in [-0.3, -0.25) is 9.36 Å². The first-order valence-corrected chi connectivity index (χ1v) is 11.3. The van der Waals surface area contributed by atoms with Gasteiger partial charge in [0, 0.05) is 12.2 Å². The molecular weight excluding hydrogens is 439 g/mol. The number of carbonyl (C=O) groups excluding carboxylic acids is 1. The molecule has 1 amide bonds. The Morgan fingerprint density at radius 2 is 1.76 bits per heavy atom. The summed E-state index contributed by atoms with van der Waals surface area (Å²) < 4.78 is 21.4. The Labute approximate surface area is 195 Å². The zero-order chi connectivity index (χ0) is 23.2. The van der Waals surface area contributed by atoms with Gasteiger partial charge in [-0.2, -0.15) is 0 Å². The van der Waals surface area contributed by atoms with Crippen LogP contribution in [0.1, 0.15) is 11.1 Å². The highest BCUT2D eigenvalue weighted by Gasteiger charge is 2.19. The molecule has 6 nitrogen and oxygen atoms in total. The fourth-order valence-corrected chi connectivity index (χ4v) is 4.01. The first-order chi connectivity index (χ1) is 16.0. The van der Waals surface area contributed by atoms with Crippen LogP contribution in [0.3, 0.4) is 0 Å². The largest absolute Gasteiger partial charge is 0.497 e. The summed E-state index contributed by atoms with van der Waals surface area (Å²) in [5, 5.41) is 11.9. The third kappa shape index (κ3) is 5.40. The molecule has 0 saturated heterocycles. The van der Waals surface area contributed by atoms with Crippen LogP contribution in [-0.2, 0) is 11.3 Å². The lowest BCUT2D eigenvalue weighted by atomic mass is 10.2. The van der Waals surface area contributed by atoms with Gasteiger partial charge in [0.1, 0.15) is 11.6 Å². The molecule has 8 heteroatoms. The average Bonchev–Trinajstić information content (AvgIpc) is 3.26. The Kier molecular flexibility index (Phi) is 7.04. The minimum Gasteiger partial charge on any atom is -0.497 e. The van der Waals surface area contributed by atoms with Gasteiger partial charge in [-0.25, -0.2) is 4.39 Å². The molecule has 4 rings (SSSR count). The second-order valence-corrected chi connectivity index (χ2v) is 8.31. The Morgan fingerprint density at radius 3 is 2.45 bits per heavy atom. The third-order valence-electron chi connectivity index (χ3n) is 5.02. The number of aryl methyl sites for hydroxylation is 1. The molecule has 0 aliphatic carbocycles. The van der Waals surface area contributed by atoms with Gasteiger partial charge in [0.05, 0.1) is 18.4 Å². The van der Waals surface area contributed by atoms with Crippen LogP contribution in [-0.4, -0.2) is 33.5 Å². The summed E-state index contributed by atoms with van der Waals surface area (Å²) >= 11 is 1.25. The van der Waals surface area contributed by atoms with Gasteiger partial charge >= 0.3 is 0 Å². The summed E-state index contributed by atoms with van der Waals surface area (Å²) in [6.45, 7) is 2.41. The maximum absolute atomic E-state index is 14.5. The van der Waals surface area contributed by atoms with Crippen molar-refractivity contribution in [1.82, 2.24) is 20.1 Å². The highest BCUT2D eigenvalue weighted by Crippen LogP contribution is 2.29. The number of aromatic nitrogens is 3. The number of hydrogen-bond donors (Lipinski definition) is 1. The Bertz CT molecular complexity index is 1240. The molecule has 0 aliphatic heterocycles. The number of ether oxygens (including phenoxy) is 1. The minimum atomic E-state index is -0.382. The lowest BCUT2D eigenvalue weighted by molar-refractivity contribution is -0.118. The molecule has 0 atom stereocenters. The van der Waals surface area contributed by atoms with E-state index in [9.17, 15) is 9.18 Å². The molecule has 0 unspecified atom stereocenters. The maximum atomic E-state index is 14.5. The van der Waals surface area contributed by atoms with Gasteiger partial charge in [-0.05, 0) is 48.9 Å². The van der Waals surface area contributed by atoms with Gasteiger partial charge in [0.15, 0.2) is 11.0 Å². The number of nitrogens with one attached hydrogen (secondary N) is 1. The first kappa shape index (κ1) is 22.5. The molecule has 1 aromatic heterocycles. The molecule has 1 heterocycles. The molecule has 0 aliphatic rings. The van der Waals surface area contributed by atoms with Gasteiger partial charge in [-0.15, -0.1) is 10.2 Å². The molecule has 0 saturated carbocycles. The Balaban J connectivity index is 1.51. The smallest absolute Gasteiger partial charge is 0.230 e. The van der Waals surface area contributed by atoms with E-state index < -0.39 is 0 Å². The number of thioether (sulfide) groups is 1. The van der Waals surface area contributed by atoms with E-state index in [1.54, 1.807) is 29.9 Å². The molecule has 0 bridgehead atoms. The van der Waals surface area contributed by atoms with Crippen molar-refractivity contribution in [3.05, 3.63) is 89.7 Å². The highest BCUT2D eigenvalue weighted by molar-refractivity contribution is 7.99. The quantitative estimate of drug-likeness (QED) is 0.381. The number of rotatable bonds is 8. The van der Waals surface area contributed by atoms with Crippen molar-refractivity contribution in [1.29, 1.82) is 0 Å². The molecule has 168 valence electrons. The number of amides is 1. The second-order valence-electron chi connectivity index (χ2n) is 7.37. The summed E-state index contributed by atoms with van der Waals surface area (Å²) in [7, 11) is 1.61. The van der Waals surface area contributed by atoms with E-state index in [-0.39, 0.29) is 17.5 Å². The van der Waals surface area contributed by atoms with Crippen LogP contribution in [0.5, 0.6) is 5.75 Å². The van der Waals surface area contributed by atoms with Crippen LogP contribution in [0.4, 0.5) is 4.39 Å². The predicted octanol–water partition coefficient (Wildman–Crippen LogP) is 4.80. The first-order valence-electron chi connectivity index (χ1n) is 10.3. The molecule has 4 aromatic rings. The average molecular weight is 463 g/mol. The van der Waals surface area contributed by atoms with Crippen molar-refractivity contribution in [2.45, 2.75) is 18.6 Å². The van der Waals surface area contributed by atoms with Gasteiger partial charge in [0.25, 0.3) is 0 Å². The summed E-state index contributed by atoms with van der Waals surface area (Å²) in [5.41, 5.74) is 3.22. The zero-order valence-electron chi connectivity index (χ0n) is 18.3. The van der Waals surface area contributed by atoms with Crippen LogP contribution in [0, 0.1) is 12.7 Å².